The SMILES string of the molecule is Cc1cc2c3c(c1)N(c1ccc4c(c1)C(C)(C)CCC4(C)C)c1cc4c(cc1B3c1ccc(N(c3ccc(C(C)(C)C)cc3)c3ccc(C(C)(C)C)cc3)cc1N2c1ccc2c(c1)oc1ccccc12)C(C)(C)CC4(C)C. The van der Waals surface area contributed by atoms with Crippen molar-refractivity contribution in [3.8, 4) is 0 Å². The first-order valence-electron chi connectivity index (χ1n) is 28.4. The van der Waals surface area contributed by atoms with Crippen molar-refractivity contribution in [3.63, 3.8) is 0 Å². The predicted molar refractivity (Wildman–Crippen MR) is 331 cm³/mol. The number of nitrogens with zero attached hydrogens (tertiary/aromatic N) is 3. The van der Waals surface area contributed by atoms with Crippen LogP contribution in [0.3, 0.4) is 0 Å². The second-order valence-electron chi connectivity index (χ2n) is 28.2. The van der Waals surface area contributed by atoms with Crippen LogP contribution in [0.5, 0.6) is 0 Å². The van der Waals surface area contributed by atoms with Gasteiger partial charge in [-0.25, -0.2) is 0 Å². The van der Waals surface area contributed by atoms with Gasteiger partial charge in [-0.05, 0) is 199 Å². The van der Waals surface area contributed by atoms with Crippen molar-refractivity contribution in [2.75, 3.05) is 14.7 Å². The van der Waals surface area contributed by atoms with Gasteiger partial charge < -0.3 is 19.1 Å². The van der Waals surface area contributed by atoms with Gasteiger partial charge in [0.15, 0.2) is 0 Å². The average molecular weight is 1010 g/mol. The van der Waals surface area contributed by atoms with Gasteiger partial charge in [0.1, 0.15) is 11.2 Å². The molecular formula is C72H76BN3O. The Balaban J connectivity index is 1.10. The number of hydrogen-bond donors (Lipinski definition) is 0. The number of fused-ring (bicyclic) bond motifs is 9. The fourth-order valence-electron chi connectivity index (χ4n) is 14.5. The van der Waals surface area contributed by atoms with E-state index in [9.17, 15) is 0 Å². The Labute approximate surface area is 459 Å². The lowest BCUT2D eigenvalue weighted by Crippen LogP contribution is -2.61. The standard InChI is InChI=1S/C72H76BN3O/c1-44-36-62-66-63(37-44)76(51-28-31-53-52-18-16-17-19-64(52)77-65(53)40-51)60-39-50(74(47-24-20-45(21-25-47)67(2,3)4)48-26-22-46(23-27-48)68(5,6)7)30-33-58(60)73(66)59-41-56-57(72(14,15)43-71(56,12)13)42-61(59)75(62)49-29-32-54-55(38-49)70(10,11)35-34-69(54,8)9/h16-33,36-42H,34-35,43H2,1-15H3. The molecule has 388 valence electrons. The van der Waals surface area contributed by atoms with Crippen LogP contribution in [0, 0.1) is 6.92 Å². The topological polar surface area (TPSA) is 22.9 Å². The Bertz CT molecular complexity index is 3830. The van der Waals surface area contributed by atoms with E-state index >= 15 is 0 Å². The van der Waals surface area contributed by atoms with E-state index in [0.717, 1.165) is 57.5 Å². The van der Waals surface area contributed by atoms with Gasteiger partial charge >= 0.3 is 0 Å². The van der Waals surface area contributed by atoms with Crippen molar-refractivity contribution >= 4 is 96.2 Å². The van der Waals surface area contributed by atoms with E-state index in [4.69, 9.17) is 4.42 Å². The van der Waals surface area contributed by atoms with Crippen molar-refractivity contribution in [3.05, 3.63) is 191 Å². The summed E-state index contributed by atoms with van der Waals surface area (Å²) in [4.78, 5) is 7.70. The molecule has 0 saturated heterocycles. The molecule has 5 heteroatoms. The first kappa shape index (κ1) is 49.6. The van der Waals surface area contributed by atoms with E-state index < -0.39 is 0 Å². The zero-order valence-corrected chi connectivity index (χ0v) is 48.4. The molecule has 0 unspecified atom stereocenters. The molecule has 2 aliphatic carbocycles. The Kier molecular flexibility index (Phi) is 10.6. The summed E-state index contributed by atoms with van der Waals surface area (Å²) in [5, 5.41) is 2.26. The first-order chi connectivity index (χ1) is 36.3. The molecule has 0 N–H and O–H groups in total. The average Bonchev–Trinajstić information content (AvgIpc) is 4.03. The highest BCUT2D eigenvalue weighted by Crippen LogP contribution is 2.55. The highest BCUT2D eigenvalue weighted by Gasteiger charge is 2.49. The smallest absolute Gasteiger partial charge is 0.252 e. The number of hydrogen-bond acceptors (Lipinski definition) is 4. The summed E-state index contributed by atoms with van der Waals surface area (Å²) in [6.45, 7) is 35.7. The van der Waals surface area contributed by atoms with Gasteiger partial charge in [0, 0.05) is 68.0 Å². The number of rotatable bonds is 5. The fraction of sp³-hybridized carbons (Fsp3) is 0.333. The first-order valence-corrected chi connectivity index (χ1v) is 28.4. The van der Waals surface area contributed by atoms with Crippen LogP contribution in [0.2, 0.25) is 0 Å². The third-order valence-corrected chi connectivity index (χ3v) is 18.6. The Hall–Kier alpha value is -6.98. The summed E-state index contributed by atoms with van der Waals surface area (Å²) in [6, 6.07) is 58.9. The minimum Gasteiger partial charge on any atom is -0.456 e. The Morgan fingerprint density at radius 1 is 0.442 bits per heavy atom. The molecule has 0 fully saturated rings. The normalized spacial score (nSPS) is 17.5. The van der Waals surface area contributed by atoms with E-state index in [0.29, 0.717) is 0 Å². The van der Waals surface area contributed by atoms with Crippen LogP contribution < -0.4 is 31.1 Å². The lowest BCUT2D eigenvalue weighted by Gasteiger charge is -2.46. The van der Waals surface area contributed by atoms with E-state index in [1.807, 2.05) is 0 Å². The maximum Gasteiger partial charge on any atom is 0.252 e. The van der Waals surface area contributed by atoms with Crippen molar-refractivity contribution in [1.29, 1.82) is 0 Å². The van der Waals surface area contributed by atoms with Crippen LogP contribution in [0.25, 0.3) is 21.9 Å². The maximum absolute atomic E-state index is 6.74. The highest BCUT2D eigenvalue weighted by molar-refractivity contribution is 7.00. The molecule has 2 aliphatic heterocycles. The van der Waals surface area contributed by atoms with Crippen LogP contribution >= 0.6 is 0 Å². The molecule has 0 amide bonds. The van der Waals surface area contributed by atoms with Crippen molar-refractivity contribution in [1.82, 2.24) is 0 Å². The molecule has 4 aliphatic rings. The van der Waals surface area contributed by atoms with Crippen LogP contribution in [-0.4, -0.2) is 6.71 Å². The van der Waals surface area contributed by atoms with Crippen molar-refractivity contribution in [2.45, 2.75) is 156 Å². The lowest BCUT2D eigenvalue weighted by atomic mass is 9.33. The van der Waals surface area contributed by atoms with Crippen molar-refractivity contribution in [2.24, 2.45) is 0 Å². The minimum atomic E-state index is -0.0366. The van der Waals surface area contributed by atoms with Gasteiger partial charge in [-0.2, -0.15) is 0 Å². The Morgan fingerprint density at radius 2 is 0.948 bits per heavy atom. The number of aryl methyl sites for hydroxylation is 1. The minimum absolute atomic E-state index is 0.0114. The van der Waals surface area contributed by atoms with Crippen LogP contribution in [0.4, 0.5) is 51.2 Å². The summed E-state index contributed by atoms with van der Waals surface area (Å²) in [5.74, 6) is 0. The summed E-state index contributed by atoms with van der Waals surface area (Å²) in [5.41, 5.74) is 26.4. The van der Waals surface area contributed by atoms with Gasteiger partial charge in [0.05, 0.1) is 0 Å². The molecular weight excluding hydrogens is 934 g/mol. The third-order valence-electron chi connectivity index (χ3n) is 18.6. The maximum atomic E-state index is 6.74. The van der Waals surface area contributed by atoms with Gasteiger partial charge in [-0.1, -0.05) is 158 Å². The second kappa shape index (κ2) is 16.5. The molecule has 77 heavy (non-hydrogen) atoms. The molecule has 4 nitrogen and oxygen atoms in total. The van der Waals surface area contributed by atoms with Gasteiger partial charge in [-0.15, -0.1) is 0 Å². The summed E-state index contributed by atoms with van der Waals surface area (Å²) < 4.78 is 6.74. The van der Waals surface area contributed by atoms with E-state index in [-0.39, 0.29) is 39.2 Å². The molecule has 0 spiro atoms. The van der Waals surface area contributed by atoms with Gasteiger partial charge in [0.2, 0.25) is 0 Å². The van der Waals surface area contributed by atoms with Gasteiger partial charge in [-0.3, -0.25) is 0 Å². The third kappa shape index (κ3) is 7.75. The van der Waals surface area contributed by atoms with Crippen LogP contribution in [0.15, 0.2) is 156 Å². The molecule has 13 rings (SSSR count). The summed E-state index contributed by atoms with van der Waals surface area (Å²) in [7, 11) is 0. The zero-order chi connectivity index (χ0) is 54.1. The molecule has 0 atom stereocenters. The fourth-order valence-corrected chi connectivity index (χ4v) is 14.5. The number of para-hydroxylation sites is 1. The molecule has 0 radical (unpaired) electrons. The van der Waals surface area contributed by atoms with Crippen LogP contribution in [0.1, 0.15) is 155 Å². The molecule has 9 aromatic rings. The summed E-state index contributed by atoms with van der Waals surface area (Å²) in [6.07, 6.45) is 3.45. The number of benzene rings is 8. The van der Waals surface area contributed by atoms with Crippen molar-refractivity contribution < 1.29 is 4.42 Å². The molecule has 0 bridgehead atoms. The molecule has 1 aromatic heterocycles. The largest absolute Gasteiger partial charge is 0.456 e. The van der Waals surface area contributed by atoms with E-state index in [2.05, 4.69) is 270 Å². The second-order valence-corrected chi connectivity index (χ2v) is 28.2. The van der Waals surface area contributed by atoms with Gasteiger partial charge in [0.25, 0.3) is 6.71 Å². The molecule has 3 heterocycles. The molecule has 8 aromatic carbocycles. The zero-order valence-electron chi connectivity index (χ0n) is 48.4. The number of furan rings is 1. The predicted octanol–water partition coefficient (Wildman–Crippen LogP) is 18.3. The quantitative estimate of drug-likeness (QED) is 0.160. The highest BCUT2D eigenvalue weighted by atomic mass is 16.3. The number of anilines is 9. The van der Waals surface area contributed by atoms with E-state index in [1.165, 1.54) is 90.2 Å². The summed E-state index contributed by atoms with van der Waals surface area (Å²) >= 11 is 0. The van der Waals surface area contributed by atoms with Crippen LogP contribution in [-0.2, 0) is 32.5 Å². The Morgan fingerprint density at radius 3 is 1.56 bits per heavy atom. The van der Waals surface area contributed by atoms with E-state index in [1.54, 1.807) is 0 Å². The molecule has 0 saturated carbocycles. The monoisotopic (exact) mass is 1010 g/mol. The lowest BCUT2D eigenvalue weighted by molar-refractivity contribution is 0.332.